The Balaban J connectivity index is 0.000000720. The molecule has 0 radical (unpaired) electrons. The Morgan fingerprint density at radius 3 is 2.83 bits per heavy atom. The standard InChI is InChI=1S/C7H6BrN3.ClH/c8-5-2-1-3-7-10-6(9)4-11(5)7;/h1-4H,9H2;1H. The summed E-state index contributed by atoms with van der Waals surface area (Å²) < 4.78 is 2.84. The van der Waals surface area contributed by atoms with Crippen LogP contribution in [-0.2, 0) is 0 Å². The number of aromatic nitrogens is 2. The SMILES string of the molecule is Cl.Nc1cn2c(Br)cccc2n1. The average molecular weight is 249 g/mol. The second kappa shape index (κ2) is 3.33. The van der Waals surface area contributed by atoms with Crippen molar-refractivity contribution in [1.82, 2.24) is 9.38 Å². The smallest absolute Gasteiger partial charge is 0.142 e. The predicted molar refractivity (Wildman–Crippen MR) is 54.6 cm³/mol. The summed E-state index contributed by atoms with van der Waals surface area (Å²) in [5, 5.41) is 0. The van der Waals surface area contributed by atoms with E-state index in [1.54, 1.807) is 6.20 Å². The number of nitrogen functional groups attached to an aromatic ring is 1. The van der Waals surface area contributed by atoms with Gasteiger partial charge < -0.3 is 5.73 Å². The summed E-state index contributed by atoms with van der Waals surface area (Å²) in [6, 6.07) is 5.76. The third kappa shape index (κ3) is 1.40. The maximum absolute atomic E-state index is 5.51. The number of hydrogen-bond donors (Lipinski definition) is 1. The fourth-order valence-electron chi connectivity index (χ4n) is 0.996. The third-order valence-electron chi connectivity index (χ3n) is 1.46. The Bertz CT molecular complexity index is 398. The number of fused-ring (bicyclic) bond motifs is 1. The highest BCUT2D eigenvalue weighted by molar-refractivity contribution is 9.10. The lowest BCUT2D eigenvalue weighted by Crippen LogP contribution is -1.82. The van der Waals surface area contributed by atoms with Gasteiger partial charge in [0, 0.05) is 0 Å². The molecular weight excluding hydrogens is 241 g/mol. The number of rotatable bonds is 0. The second-order valence-corrected chi connectivity index (χ2v) is 3.05. The summed E-state index contributed by atoms with van der Waals surface area (Å²) >= 11 is 3.38. The van der Waals surface area contributed by atoms with Crippen molar-refractivity contribution in [3.63, 3.8) is 0 Å². The minimum atomic E-state index is 0. The van der Waals surface area contributed by atoms with E-state index in [0.29, 0.717) is 5.82 Å². The molecule has 0 saturated carbocycles. The fraction of sp³-hybridized carbons (Fsp3) is 0. The van der Waals surface area contributed by atoms with Crippen LogP contribution in [0, 0.1) is 0 Å². The van der Waals surface area contributed by atoms with Gasteiger partial charge in [-0.3, -0.25) is 4.40 Å². The van der Waals surface area contributed by atoms with E-state index < -0.39 is 0 Å². The summed E-state index contributed by atoms with van der Waals surface area (Å²) in [7, 11) is 0. The van der Waals surface area contributed by atoms with Crippen LogP contribution in [0.4, 0.5) is 5.82 Å². The first kappa shape index (κ1) is 9.35. The maximum atomic E-state index is 5.51. The van der Waals surface area contributed by atoms with E-state index in [1.807, 2.05) is 22.6 Å². The molecule has 0 saturated heterocycles. The van der Waals surface area contributed by atoms with Crippen molar-refractivity contribution in [2.45, 2.75) is 0 Å². The molecule has 0 aliphatic carbocycles. The van der Waals surface area contributed by atoms with Gasteiger partial charge in [0.2, 0.25) is 0 Å². The summed E-state index contributed by atoms with van der Waals surface area (Å²) in [6.45, 7) is 0. The molecule has 0 unspecified atom stereocenters. The average Bonchev–Trinajstić information content (AvgIpc) is 2.31. The van der Waals surface area contributed by atoms with Crippen LogP contribution in [0.15, 0.2) is 29.0 Å². The van der Waals surface area contributed by atoms with Gasteiger partial charge in [-0.15, -0.1) is 12.4 Å². The van der Waals surface area contributed by atoms with E-state index in [2.05, 4.69) is 20.9 Å². The molecule has 5 heteroatoms. The Kier molecular flexibility index (Phi) is 2.59. The monoisotopic (exact) mass is 247 g/mol. The Morgan fingerprint density at radius 1 is 1.42 bits per heavy atom. The largest absolute Gasteiger partial charge is 0.382 e. The van der Waals surface area contributed by atoms with E-state index >= 15 is 0 Å². The topological polar surface area (TPSA) is 43.3 Å². The number of nitrogens with zero attached hydrogens (tertiary/aromatic N) is 2. The first-order valence-corrected chi connectivity index (χ1v) is 3.96. The molecule has 64 valence electrons. The minimum absolute atomic E-state index is 0. The molecule has 3 nitrogen and oxygen atoms in total. The van der Waals surface area contributed by atoms with Crippen LogP contribution in [0.5, 0.6) is 0 Å². The molecule has 0 bridgehead atoms. The quantitative estimate of drug-likeness (QED) is 0.726. The van der Waals surface area contributed by atoms with Crippen LogP contribution >= 0.6 is 28.3 Å². The number of halogens is 2. The summed E-state index contributed by atoms with van der Waals surface area (Å²) in [5.74, 6) is 0.539. The van der Waals surface area contributed by atoms with Crippen molar-refractivity contribution in [3.05, 3.63) is 29.0 Å². The first-order chi connectivity index (χ1) is 5.27. The Hall–Kier alpha value is -0.740. The van der Waals surface area contributed by atoms with Crippen molar-refractivity contribution < 1.29 is 0 Å². The lowest BCUT2D eigenvalue weighted by Gasteiger charge is -1.93. The van der Waals surface area contributed by atoms with Gasteiger partial charge in [0.05, 0.1) is 10.8 Å². The number of pyridine rings is 1. The van der Waals surface area contributed by atoms with Crippen molar-refractivity contribution in [2.75, 3.05) is 5.73 Å². The highest BCUT2D eigenvalue weighted by atomic mass is 79.9. The molecule has 0 amide bonds. The first-order valence-electron chi connectivity index (χ1n) is 3.16. The second-order valence-electron chi connectivity index (χ2n) is 2.24. The van der Waals surface area contributed by atoms with Crippen molar-refractivity contribution in [3.8, 4) is 0 Å². The lowest BCUT2D eigenvalue weighted by atomic mass is 10.5. The Morgan fingerprint density at radius 2 is 2.17 bits per heavy atom. The predicted octanol–water partition coefficient (Wildman–Crippen LogP) is 2.10. The normalized spacial score (nSPS) is 9.75. The maximum Gasteiger partial charge on any atom is 0.142 e. The molecule has 0 aliphatic heterocycles. The van der Waals surface area contributed by atoms with Crippen LogP contribution in [0.25, 0.3) is 5.65 Å². The van der Waals surface area contributed by atoms with Gasteiger partial charge in [-0.2, -0.15) is 0 Å². The zero-order valence-electron chi connectivity index (χ0n) is 6.07. The van der Waals surface area contributed by atoms with Crippen LogP contribution in [0.3, 0.4) is 0 Å². The van der Waals surface area contributed by atoms with Gasteiger partial charge >= 0.3 is 0 Å². The van der Waals surface area contributed by atoms with Gasteiger partial charge in [-0.25, -0.2) is 4.98 Å². The van der Waals surface area contributed by atoms with Gasteiger partial charge in [-0.1, -0.05) is 6.07 Å². The molecule has 0 spiro atoms. The molecule has 0 fully saturated rings. The fourth-order valence-corrected chi connectivity index (χ4v) is 1.43. The highest BCUT2D eigenvalue weighted by Gasteiger charge is 1.98. The van der Waals surface area contributed by atoms with Crippen LogP contribution in [0.1, 0.15) is 0 Å². The Labute approximate surface area is 84.1 Å². The van der Waals surface area contributed by atoms with E-state index in [-0.39, 0.29) is 12.4 Å². The van der Waals surface area contributed by atoms with Crippen LogP contribution in [-0.4, -0.2) is 9.38 Å². The van der Waals surface area contributed by atoms with Gasteiger partial charge in [0.15, 0.2) is 0 Å². The molecule has 0 aromatic carbocycles. The number of hydrogen-bond acceptors (Lipinski definition) is 2. The van der Waals surface area contributed by atoms with E-state index in [1.165, 1.54) is 0 Å². The molecule has 0 aliphatic rings. The molecular formula is C7H7BrClN3. The summed E-state index contributed by atoms with van der Waals surface area (Å²) in [5.41, 5.74) is 6.36. The molecule has 12 heavy (non-hydrogen) atoms. The van der Waals surface area contributed by atoms with Gasteiger partial charge in [0.1, 0.15) is 11.5 Å². The third-order valence-corrected chi connectivity index (χ3v) is 2.11. The number of anilines is 1. The highest BCUT2D eigenvalue weighted by Crippen LogP contribution is 2.14. The van der Waals surface area contributed by atoms with E-state index in [0.717, 1.165) is 10.3 Å². The van der Waals surface area contributed by atoms with Crippen LogP contribution in [0.2, 0.25) is 0 Å². The molecule has 0 atom stereocenters. The molecule has 2 rings (SSSR count). The zero-order valence-corrected chi connectivity index (χ0v) is 8.47. The number of imidazole rings is 1. The molecule has 2 heterocycles. The summed E-state index contributed by atoms with van der Waals surface area (Å²) in [4.78, 5) is 4.08. The minimum Gasteiger partial charge on any atom is -0.382 e. The van der Waals surface area contributed by atoms with E-state index in [9.17, 15) is 0 Å². The van der Waals surface area contributed by atoms with Gasteiger partial charge in [-0.05, 0) is 28.1 Å². The molecule has 2 aromatic heterocycles. The summed E-state index contributed by atoms with van der Waals surface area (Å²) in [6.07, 6.45) is 1.78. The molecule has 2 N–H and O–H groups in total. The van der Waals surface area contributed by atoms with Crippen molar-refractivity contribution in [1.29, 1.82) is 0 Å². The van der Waals surface area contributed by atoms with Crippen molar-refractivity contribution >= 4 is 39.8 Å². The lowest BCUT2D eigenvalue weighted by molar-refractivity contribution is 1.14. The van der Waals surface area contributed by atoms with Gasteiger partial charge in [0.25, 0.3) is 0 Å². The van der Waals surface area contributed by atoms with Crippen molar-refractivity contribution in [2.24, 2.45) is 0 Å². The zero-order chi connectivity index (χ0) is 7.84. The van der Waals surface area contributed by atoms with E-state index in [4.69, 9.17) is 5.73 Å². The van der Waals surface area contributed by atoms with Crippen LogP contribution < -0.4 is 5.73 Å². The molecule has 2 aromatic rings. The number of nitrogens with two attached hydrogens (primary N) is 1.